The number of urea groups is 1. The van der Waals surface area contributed by atoms with Crippen molar-refractivity contribution in [2.24, 2.45) is 0 Å². The highest BCUT2D eigenvalue weighted by Gasteiger charge is 2.20. The zero-order chi connectivity index (χ0) is 18.2. The third-order valence-corrected chi connectivity index (χ3v) is 4.61. The smallest absolute Gasteiger partial charge is 0.321 e. The SMILES string of the molecule is CC[C@H](C)NC(=O)NC(=O)CN1CCN(Cc2cccc(Cl)c2)CC1. The van der Waals surface area contributed by atoms with Crippen molar-refractivity contribution in [3.8, 4) is 0 Å². The Morgan fingerprint density at radius 3 is 2.52 bits per heavy atom. The van der Waals surface area contributed by atoms with Gasteiger partial charge in [0.25, 0.3) is 0 Å². The Kier molecular flexibility index (Phi) is 7.68. The van der Waals surface area contributed by atoms with Crippen LogP contribution in [0.2, 0.25) is 5.02 Å². The number of carbonyl (C=O) groups excluding carboxylic acids is 2. The van der Waals surface area contributed by atoms with Crippen molar-refractivity contribution in [1.82, 2.24) is 20.4 Å². The zero-order valence-corrected chi connectivity index (χ0v) is 15.7. The third-order valence-electron chi connectivity index (χ3n) is 4.37. The van der Waals surface area contributed by atoms with Crippen molar-refractivity contribution in [2.45, 2.75) is 32.9 Å². The summed E-state index contributed by atoms with van der Waals surface area (Å²) in [5.74, 6) is -0.260. The fourth-order valence-electron chi connectivity index (χ4n) is 2.73. The van der Waals surface area contributed by atoms with E-state index < -0.39 is 6.03 Å². The van der Waals surface area contributed by atoms with Gasteiger partial charge in [0.1, 0.15) is 0 Å². The summed E-state index contributed by atoms with van der Waals surface area (Å²) in [5, 5.41) is 5.87. The van der Waals surface area contributed by atoms with Crippen LogP contribution < -0.4 is 10.6 Å². The molecule has 1 aliphatic rings. The van der Waals surface area contributed by atoms with Gasteiger partial charge in [-0.25, -0.2) is 4.79 Å². The van der Waals surface area contributed by atoms with Gasteiger partial charge in [-0.3, -0.25) is 19.9 Å². The fraction of sp³-hybridized carbons (Fsp3) is 0.556. The number of carbonyl (C=O) groups is 2. The van der Waals surface area contributed by atoms with Crippen molar-refractivity contribution < 1.29 is 9.59 Å². The molecule has 25 heavy (non-hydrogen) atoms. The molecule has 0 saturated carbocycles. The van der Waals surface area contributed by atoms with E-state index in [1.807, 2.05) is 32.0 Å². The second-order valence-corrected chi connectivity index (χ2v) is 6.95. The highest BCUT2D eigenvalue weighted by Crippen LogP contribution is 2.13. The van der Waals surface area contributed by atoms with Crippen LogP contribution >= 0.6 is 11.6 Å². The van der Waals surface area contributed by atoms with Crippen molar-refractivity contribution in [3.63, 3.8) is 0 Å². The van der Waals surface area contributed by atoms with Gasteiger partial charge in [-0.05, 0) is 31.0 Å². The molecule has 0 bridgehead atoms. The first-order valence-corrected chi connectivity index (χ1v) is 9.13. The minimum absolute atomic E-state index is 0.0582. The number of halogens is 1. The first kappa shape index (κ1) is 19.7. The van der Waals surface area contributed by atoms with Crippen molar-refractivity contribution in [2.75, 3.05) is 32.7 Å². The molecule has 1 aliphatic heterocycles. The molecular formula is C18H27ClN4O2. The van der Waals surface area contributed by atoms with E-state index in [1.54, 1.807) is 0 Å². The third kappa shape index (κ3) is 7.02. The van der Waals surface area contributed by atoms with Gasteiger partial charge in [-0.15, -0.1) is 0 Å². The highest BCUT2D eigenvalue weighted by atomic mass is 35.5. The number of piperazine rings is 1. The lowest BCUT2D eigenvalue weighted by molar-refractivity contribution is -0.121. The molecule has 1 aromatic carbocycles. The van der Waals surface area contributed by atoms with Gasteiger partial charge in [0.05, 0.1) is 6.54 Å². The lowest BCUT2D eigenvalue weighted by Crippen LogP contribution is -2.51. The number of imide groups is 1. The Morgan fingerprint density at radius 1 is 1.20 bits per heavy atom. The largest absolute Gasteiger partial charge is 0.335 e. The Morgan fingerprint density at radius 2 is 1.88 bits per heavy atom. The van der Waals surface area contributed by atoms with Gasteiger partial charge in [0.2, 0.25) is 5.91 Å². The Labute approximate surface area is 154 Å². The van der Waals surface area contributed by atoms with Crippen LogP contribution in [0, 0.1) is 0 Å². The minimum atomic E-state index is -0.418. The van der Waals surface area contributed by atoms with E-state index in [1.165, 1.54) is 5.56 Å². The molecule has 2 rings (SSSR count). The van der Waals surface area contributed by atoms with Crippen LogP contribution in [-0.4, -0.2) is 60.5 Å². The second-order valence-electron chi connectivity index (χ2n) is 6.51. The molecule has 2 N–H and O–H groups in total. The fourth-order valence-corrected chi connectivity index (χ4v) is 2.94. The molecule has 0 unspecified atom stereocenters. The van der Waals surface area contributed by atoms with Crippen LogP contribution in [0.5, 0.6) is 0 Å². The maximum absolute atomic E-state index is 12.0. The summed E-state index contributed by atoms with van der Waals surface area (Å²) >= 11 is 6.02. The number of nitrogens with zero attached hydrogens (tertiary/aromatic N) is 2. The number of hydrogen-bond donors (Lipinski definition) is 2. The number of nitrogens with one attached hydrogen (secondary N) is 2. The van der Waals surface area contributed by atoms with Crippen molar-refractivity contribution in [1.29, 1.82) is 0 Å². The Bertz CT molecular complexity index is 588. The van der Waals surface area contributed by atoms with E-state index in [0.717, 1.165) is 44.2 Å². The number of rotatable bonds is 6. The average molecular weight is 367 g/mol. The van der Waals surface area contributed by atoms with E-state index in [-0.39, 0.29) is 18.5 Å². The Hall–Kier alpha value is -1.63. The van der Waals surface area contributed by atoms with Crippen LogP contribution in [-0.2, 0) is 11.3 Å². The van der Waals surface area contributed by atoms with E-state index >= 15 is 0 Å². The summed E-state index contributed by atoms with van der Waals surface area (Å²) in [5.41, 5.74) is 1.19. The van der Waals surface area contributed by atoms with E-state index in [0.29, 0.717) is 0 Å². The normalized spacial score (nSPS) is 17.1. The molecule has 0 radical (unpaired) electrons. The molecule has 138 valence electrons. The number of benzene rings is 1. The van der Waals surface area contributed by atoms with E-state index in [4.69, 9.17) is 11.6 Å². The van der Waals surface area contributed by atoms with Crippen LogP contribution in [0.3, 0.4) is 0 Å². The van der Waals surface area contributed by atoms with Gasteiger partial charge < -0.3 is 5.32 Å². The van der Waals surface area contributed by atoms with Gasteiger partial charge in [-0.2, -0.15) is 0 Å². The summed E-state index contributed by atoms with van der Waals surface area (Å²) in [6, 6.07) is 7.53. The summed E-state index contributed by atoms with van der Waals surface area (Å²) in [6.07, 6.45) is 0.830. The molecule has 1 saturated heterocycles. The molecule has 1 fully saturated rings. The van der Waals surface area contributed by atoms with Gasteiger partial charge in [0.15, 0.2) is 0 Å². The van der Waals surface area contributed by atoms with Crippen molar-refractivity contribution >= 4 is 23.5 Å². The van der Waals surface area contributed by atoms with Crippen LogP contribution in [0.4, 0.5) is 4.79 Å². The minimum Gasteiger partial charge on any atom is -0.335 e. The summed E-state index contributed by atoms with van der Waals surface area (Å²) in [6.45, 7) is 8.38. The van der Waals surface area contributed by atoms with Crippen molar-refractivity contribution in [3.05, 3.63) is 34.9 Å². The quantitative estimate of drug-likeness (QED) is 0.809. The number of hydrogen-bond acceptors (Lipinski definition) is 4. The molecule has 0 spiro atoms. The molecule has 0 aromatic heterocycles. The highest BCUT2D eigenvalue weighted by molar-refractivity contribution is 6.30. The maximum atomic E-state index is 12.0. The summed E-state index contributed by atoms with van der Waals surface area (Å²) in [4.78, 5) is 28.0. The predicted molar refractivity (Wildman–Crippen MR) is 99.6 cm³/mol. The molecule has 0 aliphatic carbocycles. The topological polar surface area (TPSA) is 64.7 Å². The molecule has 3 amide bonds. The lowest BCUT2D eigenvalue weighted by atomic mass is 10.2. The van der Waals surface area contributed by atoms with Gasteiger partial charge in [0, 0.05) is 43.8 Å². The standard InChI is InChI=1S/C18H27ClN4O2/c1-3-14(2)20-18(25)21-17(24)13-23-9-7-22(8-10-23)12-15-5-4-6-16(19)11-15/h4-6,11,14H,3,7-10,12-13H2,1-2H3,(H2,20,21,24,25)/t14-/m0/s1. The molecule has 7 heteroatoms. The monoisotopic (exact) mass is 366 g/mol. The van der Waals surface area contributed by atoms with E-state index in [9.17, 15) is 9.59 Å². The molecular weight excluding hydrogens is 340 g/mol. The zero-order valence-electron chi connectivity index (χ0n) is 14.9. The lowest BCUT2D eigenvalue weighted by Gasteiger charge is -2.34. The first-order chi connectivity index (χ1) is 12.0. The summed E-state index contributed by atoms with van der Waals surface area (Å²) in [7, 11) is 0. The van der Waals surface area contributed by atoms with Crippen LogP contribution in [0.15, 0.2) is 24.3 Å². The van der Waals surface area contributed by atoms with E-state index in [2.05, 4.69) is 26.5 Å². The maximum Gasteiger partial charge on any atom is 0.321 e. The molecule has 1 atom stereocenters. The first-order valence-electron chi connectivity index (χ1n) is 8.75. The average Bonchev–Trinajstić information content (AvgIpc) is 2.56. The summed E-state index contributed by atoms with van der Waals surface area (Å²) < 4.78 is 0. The molecule has 1 heterocycles. The number of amides is 3. The van der Waals surface area contributed by atoms with Gasteiger partial charge in [-0.1, -0.05) is 30.7 Å². The van der Waals surface area contributed by atoms with Crippen LogP contribution in [0.25, 0.3) is 0 Å². The Balaban J connectivity index is 1.69. The molecule has 6 nitrogen and oxygen atoms in total. The molecule has 1 aromatic rings. The van der Waals surface area contributed by atoms with Crippen LogP contribution in [0.1, 0.15) is 25.8 Å². The predicted octanol–water partition coefficient (Wildman–Crippen LogP) is 2.08. The second kappa shape index (κ2) is 9.75. The van der Waals surface area contributed by atoms with Gasteiger partial charge >= 0.3 is 6.03 Å².